The number of aryl methyl sites for hydroxylation is 2. The number of nitrogens with one attached hydrogen (secondary N) is 1. The SMILES string of the molecule is COc1cc(Cl)c(CNC(=O)COc2ccc(C)c(C)c2)cc1OC. The average molecular weight is 364 g/mol. The maximum absolute atomic E-state index is 12.0. The molecule has 0 aromatic heterocycles. The molecule has 5 nitrogen and oxygen atoms in total. The van der Waals surface area contributed by atoms with Gasteiger partial charge in [-0.1, -0.05) is 17.7 Å². The zero-order valence-electron chi connectivity index (χ0n) is 14.8. The molecule has 0 aliphatic rings. The van der Waals surface area contributed by atoms with Crippen molar-refractivity contribution in [1.82, 2.24) is 5.32 Å². The number of hydrogen-bond acceptors (Lipinski definition) is 4. The number of rotatable bonds is 7. The van der Waals surface area contributed by atoms with Crippen LogP contribution in [0.25, 0.3) is 0 Å². The van der Waals surface area contributed by atoms with Crippen LogP contribution in [0, 0.1) is 13.8 Å². The van der Waals surface area contributed by atoms with Gasteiger partial charge < -0.3 is 19.5 Å². The number of benzene rings is 2. The fourth-order valence-electron chi connectivity index (χ4n) is 2.23. The summed E-state index contributed by atoms with van der Waals surface area (Å²) in [5.41, 5.74) is 3.04. The Morgan fingerprint density at radius 3 is 2.36 bits per heavy atom. The van der Waals surface area contributed by atoms with Crippen molar-refractivity contribution in [3.8, 4) is 17.2 Å². The molecule has 134 valence electrons. The molecule has 0 saturated heterocycles. The minimum Gasteiger partial charge on any atom is -0.493 e. The molecule has 2 aromatic carbocycles. The third-order valence-corrected chi connectivity index (χ3v) is 4.23. The Morgan fingerprint density at radius 2 is 1.72 bits per heavy atom. The number of carbonyl (C=O) groups is 1. The van der Waals surface area contributed by atoms with Gasteiger partial charge in [0.25, 0.3) is 5.91 Å². The monoisotopic (exact) mass is 363 g/mol. The molecule has 1 N–H and O–H groups in total. The van der Waals surface area contributed by atoms with Crippen LogP contribution in [0.4, 0.5) is 0 Å². The van der Waals surface area contributed by atoms with Crippen LogP contribution < -0.4 is 19.5 Å². The Labute approximate surface area is 152 Å². The van der Waals surface area contributed by atoms with Crippen molar-refractivity contribution in [1.29, 1.82) is 0 Å². The van der Waals surface area contributed by atoms with Crippen molar-refractivity contribution in [2.75, 3.05) is 20.8 Å². The largest absolute Gasteiger partial charge is 0.493 e. The number of carbonyl (C=O) groups excluding carboxylic acids is 1. The summed E-state index contributed by atoms with van der Waals surface area (Å²) in [6.07, 6.45) is 0. The summed E-state index contributed by atoms with van der Waals surface area (Å²) < 4.78 is 15.9. The van der Waals surface area contributed by atoms with Gasteiger partial charge in [-0.25, -0.2) is 0 Å². The lowest BCUT2D eigenvalue weighted by Crippen LogP contribution is -2.28. The van der Waals surface area contributed by atoms with Crippen LogP contribution in [-0.4, -0.2) is 26.7 Å². The number of halogens is 1. The second-order valence-electron chi connectivity index (χ2n) is 5.61. The third kappa shape index (κ3) is 5.03. The topological polar surface area (TPSA) is 56.8 Å². The van der Waals surface area contributed by atoms with Gasteiger partial charge in [0.15, 0.2) is 18.1 Å². The molecule has 0 aliphatic heterocycles. The molecule has 0 fully saturated rings. The van der Waals surface area contributed by atoms with Crippen molar-refractivity contribution in [3.05, 3.63) is 52.0 Å². The van der Waals surface area contributed by atoms with Crippen molar-refractivity contribution in [2.24, 2.45) is 0 Å². The Bertz CT molecular complexity index is 761. The summed E-state index contributed by atoms with van der Waals surface area (Å²) in [4.78, 5) is 12.0. The molecular formula is C19H22ClNO4. The van der Waals surface area contributed by atoms with E-state index in [1.54, 1.807) is 26.4 Å². The van der Waals surface area contributed by atoms with Crippen molar-refractivity contribution in [2.45, 2.75) is 20.4 Å². The van der Waals surface area contributed by atoms with Crippen molar-refractivity contribution >= 4 is 17.5 Å². The zero-order valence-corrected chi connectivity index (χ0v) is 15.6. The number of methoxy groups -OCH3 is 2. The van der Waals surface area contributed by atoms with E-state index in [-0.39, 0.29) is 19.1 Å². The quantitative estimate of drug-likeness (QED) is 0.815. The van der Waals surface area contributed by atoms with E-state index >= 15 is 0 Å². The van der Waals surface area contributed by atoms with Crippen LogP contribution in [0.1, 0.15) is 16.7 Å². The van der Waals surface area contributed by atoms with Gasteiger partial charge in [-0.05, 0) is 48.7 Å². The van der Waals surface area contributed by atoms with Gasteiger partial charge in [-0.2, -0.15) is 0 Å². The fraction of sp³-hybridized carbons (Fsp3) is 0.316. The highest BCUT2D eigenvalue weighted by atomic mass is 35.5. The molecule has 0 radical (unpaired) electrons. The van der Waals surface area contributed by atoms with E-state index in [1.165, 1.54) is 5.56 Å². The first-order valence-electron chi connectivity index (χ1n) is 7.81. The highest BCUT2D eigenvalue weighted by molar-refractivity contribution is 6.31. The maximum Gasteiger partial charge on any atom is 0.258 e. The Balaban J connectivity index is 1.92. The van der Waals surface area contributed by atoms with Crippen molar-refractivity contribution < 1.29 is 19.0 Å². The summed E-state index contributed by atoms with van der Waals surface area (Å²) in [6, 6.07) is 9.12. The number of ether oxygens (including phenoxy) is 3. The predicted molar refractivity (Wildman–Crippen MR) is 97.8 cm³/mol. The predicted octanol–water partition coefficient (Wildman–Crippen LogP) is 3.67. The molecule has 2 aromatic rings. The van der Waals surface area contributed by atoms with Gasteiger partial charge in [-0.15, -0.1) is 0 Å². The van der Waals surface area contributed by atoms with Crippen molar-refractivity contribution in [3.63, 3.8) is 0 Å². The molecule has 2 rings (SSSR count). The molecule has 1 amide bonds. The summed E-state index contributed by atoms with van der Waals surface area (Å²) in [6.45, 7) is 4.24. The van der Waals surface area contributed by atoms with Crippen LogP contribution in [0.2, 0.25) is 5.02 Å². The third-order valence-electron chi connectivity index (χ3n) is 3.88. The summed E-state index contributed by atoms with van der Waals surface area (Å²) >= 11 is 6.21. The van der Waals surface area contributed by atoms with Gasteiger partial charge in [-0.3, -0.25) is 4.79 Å². The average Bonchev–Trinajstić information content (AvgIpc) is 2.61. The van der Waals surface area contributed by atoms with Crippen LogP contribution in [0.5, 0.6) is 17.2 Å². The molecular weight excluding hydrogens is 342 g/mol. The van der Waals surface area contributed by atoms with E-state index in [0.29, 0.717) is 22.3 Å². The lowest BCUT2D eigenvalue weighted by atomic mass is 10.1. The Morgan fingerprint density at radius 1 is 1.04 bits per heavy atom. The van der Waals surface area contributed by atoms with Gasteiger partial charge in [0.05, 0.1) is 14.2 Å². The van der Waals surface area contributed by atoms with E-state index in [9.17, 15) is 4.79 Å². The standard InChI is InChI=1S/C19H22ClNO4/c1-12-5-6-15(7-13(12)2)25-11-19(22)21-10-14-8-17(23-3)18(24-4)9-16(14)20/h5-9H,10-11H2,1-4H3,(H,21,22). The minimum absolute atomic E-state index is 0.0621. The molecule has 25 heavy (non-hydrogen) atoms. The molecule has 0 unspecified atom stereocenters. The van der Waals surface area contributed by atoms with Gasteiger partial charge in [0, 0.05) is 17.6 Å². The molecule has 0 spiro atoms. The fourth-order valence-corrected chi connectivity index (χ4v) is 2.45. The lowest BCUT2D eigenvalue weighted by Gasteiger charge is -2.13. The molecule has 0 heterocycles. The zero-order chi connectivity index (χ0) is 18.4. The molecule has 0 atom stereocenters. The van der Waals surface area contributed by atoms with E-state index < -0.39 is 0 Å². The second-order valence-corrected chi connectivity index (χ2v) is 6.02. The summed E-state index contributed by atoms with van der Waals surface area (Å²) in [5.74, 6) is 1.54. The van der Waals surface area contributed by atoms with E-state index in [1.807, 2.05) is 32.0 Å². The van der Waals surface area contributed by atoms with Gasteiger partial charge in [0.2, 0.25) is 0 Å². The molecule has 0 aliphatic carbocycles. The smallest absolute Gasteiger partial charge is 0.258 e. The van der Waals surface area contributed by atoms with Crippen LogP contribution in [0.15, 0.2) is 30.3 Å². The van der Waals surface area contributed by atoms with Crippen LogP contribution in [-0.2, 0) is 11.3 Å². The minimum atomic E-state index is -0.232. The summed E-state index contributed by atoms with van der Waals surface area (Å²) in [5, 5.41) is 3.27. The molecule has 0 bridgehead atoms. The van der Waals surface area contributed by atoms with E-state index in [2.05, 4.69) is 5.32 Å². The Kier molecular flexibility index (Phi) is 6.53. The number of hydrogen-bond donors (Lipinski definition) is 1. The first-order chi connectivity index (χ1) is 11.9. The maximum atomic E-state index is 12.0. The molecule has 6 heteroatoms. The van der Waals surface area contributed by atoms with Gasteiger partial charge >= 0.3 is 0 Å². The lowest BCUT2D eigenvalue weighted by molar-refractivity contribution is -0.123. The normalized spacial score (nSPS) is 10.3. The van der Waals surface area contributed by atoms with E-state index in [0.717, 1.165) is 11.1 Å². The molecule has 0 saturated carbocycles. The first kappa shape index (κ1) is 18.9. The van der Waals surface area contributed by atoms with Crippen LogP contribution in [0.3, 0.4) is 0 Å². The van der Waals surface area contributed by atoms with Gasteiger partial charge in [0.1, 0.15) is 5.75 Å². The Hall–Kier alpha value is -2.40. The number of amides is 1. The summed E-state index contributed by atoms with van der Waals surface area (Å²) in [7, 11) is 3.09. The highest BCUT2D eigenvalue weighted by Gasteiger charge is 2.11. The second kappa shape index (κ2) is 8.62. The van der Waals surface area contributed by atoms with E-state index in [4.69, 9.17) is 25.8 Å². The first-order valence-corrected chi connectivity index (χ1v) is 8.19. The highest BCUT2D eigenvalue weighted by Crippen LogP contribution is 2.32. The van der Waals surface area contributed by atoms with Crippen LogP contribution >= 0.6 is 11.6 Å².